The number of hydrogen-bond donors (Lipinski definition) is 2. The minimum absolute atomic E-state index is 0.134. The van der Waals surface area contributed by atoms with Crippen molar-refractivity contribution in [3.63, 3.8) is 0 Å². The van der Waals surface area contributed by atoms with Gasteiger partial charge in [0, 0.05) is 23.9 Å². The summed E-state index contributed by atoms with van der Waals surface area (Å²) in [5, 5.41) is 4.61. The van der Waals surface area contributed by atoms with Gasteiger partial charge in [0.15, 0.2) is 17.5 Å². The van der Waals surface area contributed by atoms with Crippen molar-refractivity contribution >= 4 is 17.5 Å². The molecule has 3 rings (SSSR count). The summed E-state index contributed by atoms with van der Waals surface area (Å²) < 4.78 is 39.1. The fourth-order valence-corrected chi connectivity index (χ4v) is 2.80. The monoisotopic (exact) mass is 348 g/mol. The predicted octanol–water partition coefficient (Wildman–Crippen LogP) is 3.10. The highest BCUT2D eigenvalue weighted by Gasteiger charge is 2.32. The van der Waals surface area contributed by atoms with Crippen LogP contribution in [0.5, 0.6) is 0 Å². The lowest BCUT2D eigenvalue weighted by Gasteiger charge is -2.36. The Morgan fingerprint density at radius 2 is 1.52 bits per heavy atom. The van der Waals surface area contributed by atoms with Crippen molar-refractivity contribution in [1.29, 1.82) is 0 Å². The molecular formula is C18H15F3N2O2. The molecule has 7 heteroatoms. The number of nitrogens with one attached hydrogen (secondary N) is 2. The standard InChI is InChI=1S/C18H15F3N2O2/c19-14-8-13(9-15(20)16(14)21)23-18(25)17(24)22-12-6-11(7-12)10-4-2-1-3-5-10/h1-5,8-9,11-12H,6-7H2,(H,22,24)(H,23,25). The largest absolute Gasteiger partial charge is 0.345 e. The highest BCUT2D eigenvalue weighted by molar-refractivity contribution is 6.39. The van der Waals surface area contributed by atoms with Gasteiger partial charge in [0.1, 0.15) is 0 Å². The Morgan fingerprint density at radius 1 is 0.920 bits per heavy atom. The van der Waals surface area contributed by atoms with Crippen molar-refractivity contribution in [3.05, 3.63) is 65.5 Å². The van der Waals surface area contributed by atoms with Crippen LogP contribution in [0.4, 0.5) is 18.9 Å². The topological polar surface area (TPSA) is 58.2 Å². The molecule has 4 nitrogen and oxygen atoms in total. The van der Waals surface area contributed by atoms with E-state index in [1.54, 1.807) is 0 Å². The Bertz CT molecular complexity index is 782. The molecule has 2 aromatic rings. The summed E-state index contributed by atoms with van der Waals surface area (Å²) in [5.41, 5.74) is 0.849. The molecule has 25 heavy (non-hydrogen) atoms. The van der Waals surface area contributed by atoms with Gasteiger partial charge in [-0.15, -0.1) is 0 Å². The smallest absolute Gasteiger partial charge is 0.313 e. The van der Waals surface area contributed by atoms with Gasteiger partial charge >= 0.3 is 11.8 Å². The van der Waals surface area contributed by atoms with E-state index in [1.165, 1.54) is 5.56 Å². The van der Waals surface area contributed by atoms with Gasteiger partial charge in [-0.05, 0) is 24.3 Å². The molecule has 0 spiro atoms. The summed E-state index contributed by atoms with van der Waals surface area (Å²) in [7, 11) is 0. The molecule has 0 unspecified atom stereocenters. The van der Waals surface area contributed by atoms with Crippen LogP contribution < -0.4 is 10.6 Å². The third-order valence-corrected chi connectivity index (χ3v) is 4.19. The first-order chi connectivity index (χ1) is 11.9. The van der Waals surface area contributed by atoms with E-state index in [0.29, 0.717) is 30.9 Å². The van der Waals surface area contributed by atoms with Gasteiger partial charge in [0.05, 0.1) is 0 Å². The van der Waals surface area contributed by atoms with E-state index >= 15 is 0 Å². The average molecular weight is 348 g/mol. The SMILES string of the molecule is O=C(Nc1cc(F)c(F)c(F)c1)C(=O)NC1CC(c2ccccc2)C1. The van der Waals surface area contributed by atoms with Gasteiger partial charge in [0.2, 0.25) is 0 Å². The first-order valence-electron chi connectivity index (χ1n) is 7.75. The zero-order valence-electron chi connectivity index (χ0n) is 13.1. The van der Waals surface area contributed by atoms with Crippen LogP contribution in [0.15, 0.2) is 42.5 Å². The number of rotatable bonds is 3. The van der Waals surface area contributed by atoms with E-state index in [0.717, 1.165) is 0 Å². The Hall–Kier alpha value is -2.83. The van der Waals surface area contributed by atoms with Crippen molar-refractivity contribution in [2.75, 3.05) is 5.32 Å². The van der Waals surface area contributed by atoms with Crippen LogP contribution in [0.3, 0.4) is 0 Å². The maximum atomic E-state index is 13.1. The number of anilines is 1. The molecule has 2 aromatic carbocycles. The summed E-state index contributed by atoms with van der Waals surface area (Å²) in [5.74, 6) is -6.16. The predicted molar refractivity (Wildman–Crippen MR) is 85.3 cm³/mol. The van der Waals surface area contributed by atoms with Gasteiger partial charge in [-0.2, -0.15) is 0 Å². The molecule has 2 N–H and O–H groups in total. The number of halogens is 3. The Kier molecular flexibility index (Phi) is 4.74. The van der Waals surface area contributed by atoms with Crippen LogP contribution in [0.1, 0.15) is 24.3 Å². The molecule has 0 heterocycles. The second-order valence-electron chi connectivity index (χ2n) is 5.96. The number of hydrogen-bond acceptors (Lipinski definition) is 2. The van der Waals surface area contributed by atoms with Gasteiger partial charge < -0.3 is 10.6 Å². The first-order valence-corrected chi connectivity index (χ1v) is 7.75. The highest BCUT2D eigenvalue weighted by Crippen LogP contribution is 2.36. The molecule has 1 aliphatic carbocycles. The lowest BCUT2D eigenvalue weighted by molar-refractivity contribution is -0.137. The fourth-order valence-electron chi connectivity index (χ4n) is 2.80. The van der Waals surface area contributed by atoms with Crippen molar-refractivity contribution in [1.82, 2.24) is 5.32 Å². The molecule has 1 saturated carbocycles. The second-order valence-corrected chi connectivity index (χ2v) is 5.96. The first kappa shape index (κ1) is 17.0. The van der Waals surface area contributed by atoms with Crippen molar-refractivity contribution < 1.29 is 22.8 Å². The minimum Gasteiger partial charge on any atom is -0.345 e. The lowest BCUT2D eigenvalue weighted by Crippen LogP contribution is -2.47. The van der Waals surface area contributed by atoms with Gasteiger partial charge in [-0.1, -0.05) is 30.3 Å². The van der Waals surface area contributed by atoms with Crippen molar-refractivity contribution in [3.8, 4) is 0 Å². The van der Waals surface area contributed by atoms with Crippen LogP contribution in [0.2, 0.25) is 0 Å². The van der Waals surface area contributed by atoms with Crippen LogP contribution in [-0.2, 0) is 9.59 Å². The summed E-state index contributed by atoms with van der Waals surface area (Å²) in [6, 6.07) is 10.9. The third kappa shape index (κ3) is 3.81. The van der Waals surface area contributed by atoms with Crippen LogP contribution in [-0.4, -0.2) is 17.9 Å². The second kappa shape index (κ2) is 6.96. The Morgan fingerprint density at radius 3 is 2.12 bits per heavy atom. The molecule has 0 aromatic heterocycles. The molecule has 0 saturated heterocycles. The Balaban J connectivity index is 1.52. The van der Waals surface area contributed by atoms with Gasteiger partial charge in [-0.25, -0.2) is 13.2 Å². The van der Waals surface area contributed by atoms with Crippen molar-refractivity contribution in [2.45, 2.75) is 24.8 Å². The summed E-state index contributed by atoms with van der Waals surface area (Å²) in [6.45, 7) is 0. The molecule has 2 amide bonds. The average Bonchev–Trinajstić information content (AvgIpc) is 2.56. The molecular weight excluding hydrogens is 333 g/mol. The summed E-state index contributed by atoms with van der Waals surface area (Å²) >= 11 is 0. The zero-order chi connectivity index (χ0) is 18.0. The molecule has 130 valence electrons. The highest BCUT2D eigenvalue weighted by atomic mass is 19.2. The molecule has 0 atom stereocenters. The van der Waals surface area contributed by atoms with Crippen LogP contribution in [0.25, 0.3) is 0 Å². The third-order valence-electron chi connectivity index (χ3n) is 4.19. The Labute approximate surface area is 142 Å². The summed E-state index contributed by atoms with van der Waals surface area (Å²) in [4.78, 5) is 23.6. The van der Waals surface area contributed by atoms with E-state index in [-0.39, 0.29) is 11.7 Å². The number of benzene rings is 2. The molecule has 0 aliphatic heterocycles. The fraction of sp³-hybridized carbons (Fsp3) is 0.222. The van der Waals surface area contributed by atoms with E-state index in [1.807, 2.05) is 35.6 Å². The maximum absolute atomic E-state index is 13.1. The maximum Gasteiger partial charge on any atom is 0.313 e. The molecule has 1 aliphatic rings. The van der Waals surface area contributed by atoms with E-state index in [9.17, 15) is 22.8 Å². The number of carbonyl (C=O) groups excluding carboxylic acids is 2. The van der Waals surface area contributed by atoms with E-state index < -0.39 is 29.3 Å². The van der Waals surface area contributed by atoms with Crippen molar-refractivity contribution in [2.24, 2.45) is 0 Å². The number of amides is 2. The normalized spacial score (nSPS) is 19.0. The molecule has 1 fully saturated rings. The van der Waals surface area contributed by atoms with Crippen LogP contribution >= 0.6 is 0 Å². The molecule has 0 radical (unpaired) electrons. The minimum atomic E-state index is -1.64. The molecule has 0 bridgehead atoms. The van der Waals surface area contributed by atoms with E-state index in [2.05, 4.69) is 5.32 Å². The quantitative estimate of drug-likeness (QED) is 0.661. The number of carbonyl (C=O) groups is 2. The van der Waals surface area contributed by atoms with E-state index in [4.69, 9.17) is 0 Å². The van der Waals surface area contributed by atoms with Gasteiger partial charge in [0.25, 0.3) is 0 Å². The zero-order valence-corrected chi connectivity index (χ0v) is 13.1. The van der Waals surface area contributed by atoms with Gasteiger partial charge in [-0.3, -0.25) is 9.59 Å². The summed E-state index contributed by atoms with van der Waals surface area (Å²) in [6.07, 6.45) is 1.42. The van der Waals surface area contributed by atoms with Crippen LogP contribution in [0, 0.1) is 17.5 Å². The lowest BCUT2D eigenvalue weighted by atomic mass is 9.76.